The first-order valence-electron chi connectivity index (χ1n) is 5.12. The smallest absolute Gasteiger partial charge is 0.341 e. The van der Waals surface area contributed by atoms with Crippen LogP contribution in [0.3, 0.4) is 0 Å². The van der Waals surface area contributed by atoms with Crippen molar-refractivity contribution in [3.63, 3.8) is 0 Å². The summed E-state index contributed by atoms with van der Waals surface area (Å²) in [7, 11) is 0. The molecule has 1 unspecified atom stereocenters. The third-order valence-electron chi connectivity index (χ3n) is 2.17. The predicted molar refractivity (Wildman–Crippen MR) is 66.4 cm³/mol. The number of carbonyl (C=O) groups excluding carboxylic acids is 2. The Kier molecular flexibility index (Phi) is 4.69. The van der Waals surface area contributed by atoms with E-state index in [0.29, 0.717) is 5.56 Å². The molecule has 0 amide bonds. The average Bonchev–Trinajstić information content (AvgIpc) is 2.27. The van der Waals surface area contributed by atoms with Gasteiger partial charge >= 0.3 is 5.97 Å². The third-order valence-corrected chi connectivity index (χ3v) is 3.34. The maximum absolute atomic E-state index is 11.4. The standard InChI is InChI=1S/C12H13BrO4/c1-3-17-12(16)9-5-4-8(6-10(9)15)11(13)7(2)14/h4-6,11,15H,3H2,1-2H3. The maximum Gasteiger partial charge on any atom is 0.341 e. The summed E-state index contributed by atoms with van der Waals surface area (Å²) >= 11 is 3.20. The van der Waals surface area contributed by atoms with Crippen LogP contribution in [0.5, 0.6) is 5.75 Å². The zero-order chi connectivity index (χ0) is 13.0. The van der Waals surface area contributed by atoms with Gasteiger partial charge in [-0.15, -0.1) is 0 Å². The van der Waals surface area contributed by atoms with Crippen molar-refractivity contribution in [2.45, 2.75) is 18.7 Å². The molecule has 0 aliphatic heterocycles. The number of halogens is 1. The Morgan fingerprint density at radius 1 is 1.47 bits per heavy atom. The molecule has 1 N–H and O–H groups in total. The number of phenolic OH excluding ortho intramolecular Hbond substituents is 1. The Morgan fingerprint density at radius 2 is 2.12 bits per heavy atom. The van der Waals surface area contributed by atoms with Gasteiger partial charge in [-0.05, 0) is 31.5 Å². The lowest BCUT2D eigenvalue weighted by molar-refractivity contribution is -0.116. The summed E-state index contributed by atoms with van der Waals surface area (Å²) in [5.41, 5.74) is 0.696. The highest BCUT2D eigenvalue weighted by molar-refractivity contribution is 9.09. The second-order valence-corrected chi connectivity index (χ2v) is 4.39. The topological polar surface area (TPSA) is 63.6 Å². The van der Waals surface area contributed by atoms with Gasteiger partial charge in [0.1, 0.15) is 17.1 Å². The van der Waals surface area contributed by atoms with Crippen LogP contribution in [-0.4, -0.2) is 23.5 Å². The number of esters is 1. The van der Waals surface area contributed by atoms with Crippen molar-refractivity contribution in [3.05, 3.63) is 29.3 Å². The molecule has 0 saturated carbocycles. The highest BCUT2D eigenvalue weighted by Gasteiger charge is 2.17. The fourth-order valence-corrected chi connectivity index (χ4v) is 1.61. The third kappa shape index (κ3) is 3.30. The van der Waals surface area contributed by atoms with Gasteiger partial charge in [0.15, 0.2) is 0 Å². The van der Waals surface area contributed by atoms with Crippen LogP contribution in [0, 0.1) is 0 Å². The lowest BCUT2D eigenvalue weighted by atomic mass is 10.1. The normalized spacial score (nSPS) is 11.9. The summed E-state index contributed by atoms with van der Waals surface area (Å²) < 4.78 is 4.78. The Morgan fingerprint density at radius 3 is 2.59 bits per heavy atom. The molecule has 0 aliphatic rings. The minimum atomic E-state index is -0.578. The van der Waals surface area contributed by atoms with Crippen LogP contribution in [0.2, 0.25) is 0 Å². The first kappa shape index (κ1) is 13.7. The molecule has 92 valence electrons. The molecule has 1 aromatic rings. The molecule has 1 aromatic carbocycles. The van der Waals surface area contributed by atoms with E-state index in [-0.39, 0.29) is 23.7 Å². The van der Waals surface area contributed by atoms with Crippen LogP contribution in [0.15, 0.2) is 18.2 Å². The van der Waals surface area contributed by atoms with Crippen LogP contribution in [0.4, 0.5) is 0 Å². The van der Waals surface area contributed by atoms with Crippen molar-refractivity contribution in [2.24, 2.45) is 0 Å². The van der Waals surface area contributed by atoms with Crippen molar-refractivity contribution < 1.29 is 19.4 Å². The number of Topliss-reactive ketones (excluding diaryl/α,β-unsaturated/α-hetero) is 1. The molecule has 17 heavy (non-hydrogen) atoms. The number of alkyl halides is 1. The molecule has 0 saturated heterocycles. The van der Waals surface area contributed by atoms with Gasteiger partial charge in [0.25, 0.3) is 0 Å². The molecule has 0 aromatic heterocycles. The molecule has 0 aliphatic carbocycles. The van der Waals surface area contributed by atoms with E-state index >= 15 is 0 Å². The van der Waals surface area contributed by atoms with E-state index in [1.165, 1.54) is 19.1 Å². The van der Waals surface area contributed by atoms with Crippen LogP contribution >= 0.6 is 15.9 Å². The zero-order valence-electron chi connectivity index (χ0n) is 9.57. The largest absolute Gasteiger partial charge is 0.507 e. The van der Waals surface area contributed by atoms with Crippen molar-refractivity contribution in [2.75, 3.05) is 6.61 Å². The number of ketones is 1. The van der Waals surface area contributed by atoms with Crippen LogP contribution in [-0.2, 0) is 9.53 Å². The van der Waals surface area contributed by atoms with Crippen molar-refractivity contribution in [3.8, 4) is 5.75 Å². The van der Waals surface area contributed by atoms with Crippen molar-refractivity contribution >= 4 is 27.7 Å². The Labute approximate surface area is 108 Å². The minimum absolute atomic E-state index is 0.0757. The van der Waals surface area contributed by atoms with Crippen LogP contribution < -0.4 is 0 Å². The first-order valence-corrected chi connectivity index (χ1v) is 6.03. The number of hydrogen-bond acceptors (Lipinski definition) is 4. The number of carbonyl (C=O) groups is 2. The number of hydrogen-bond donors (Lipinski definition) is 1. The highest BCUT2D eigenvalue weighted by atomic mass is 79.9. The van der Waals surface area contributed by atoms with Gasteiger partial charge in [-0.2, -0.15) is 0 Å². The molecular formula is C12H13BrO4. The van der Waals surface area contributed by atoms with E-state index in [9.17, 15) is 14.7 Å². The summed E-state index contributed by atoms with van der Waals surface area (Å²) in [6, 6.07) is 4.43. The number of phenols is 1. The number of aromatic hydroxyl groups is 1. The van der Waals surface area contributed by atoms with Gasteiger partial charge in [-0.1, -0.05) is 22.0 Å². The summed E-state index contributed by atoms with van der Waals surface area (Å²) in [6.45, 7) is 3.37. The van der Waals surface area contributed by atoms with Gasteiger partial charge < -0.3 is 9.84 Å². The zero-order valence-corrected chi connectivity index (χ0v) is 11.2. The molecule has 5 heteroatoms. The van der Waals surface area contributed by atoms with E-state index in [1.807, 2.05) is 0 Å². The fraction of sp³-hybridized carbons (Fsp3) is 0.333. The lowest BCUT2D eigenvalue weighted by Crippen LogP contribution is -2.06. The second-order valence-electron chi connectivity index (χ2n) is 3.47. The molecule has 0 bridgehead atoms. The molecule has 0 fully saturated rings. The van der Waals surface area contributed by atoms with Gasteiger partial charge in [0.05, 0.1) is 11.4 Å². The monoisotopic (exact) mass is 300 g/mol. The van der Waals surface area contributed by atoms with E-state index < -0.39 is 10.8 Å². The number of rotatable bonds is 4. The second kappa shape index (κ2) is 5.82. The Hall–Kier alpha value is -1.36. The van der Waals surface area contributed by atoms with E-state index in [4.69, 9.17) is 4.74 Å². The lowest BCUT2D eigenvalue weighted by Gasteiger charge is -2.09. The maximum atomic E-state index is 11.4. The van der Waals surface area contributed by atoms with Gasteiger partial charge in [-0.3, -0.25) is 4.79 Å². The van der Waals surface area contributed by atoms with Crippen LogP contribution in [0.1, 0.15) is 34.6 Å². The summed E-state index contributed by atoms with van der Waals surface area (Å²) in [4.78, 5) is 22.1. The fourth-order valence-electron chi connectivity index (χ4n) is 1.32. The molecule has 0 radical (unpaired) electrons. The summed E-state index contributed by atoms with van der Waals surface area (Å²) in [5, 5.41) is 9.69. The quantitative estimate of drug-likeness (QED) is 0.686. The molecule has 1 atom stereocenters. The Bertz CT molecular complexity index is 442. The van der Waals surface area contributed by atoms with Crippen molar-refractivity contribution in [1.29, 1.82) is 0 Å². The minimum Gasteiger partial charge on any atom is -0.507 e. The number of ether oxygens (including phenoxy) is 1. The highest BCUT2D eigenvalue weighted by Crippen LogP contribution is 2.28. The summed E-state index contributed by atoms with van der Waals surface area (Å²) in [6.07, 6.45) is 0. The van der Waals surface area contributed by atoms with E-state index in [0.717, 1.165) is 0 Å². The SMILES string of the molecule is CCOC(=O)c1ccc(C(Br)C(C)=O)cc1O. The van der Waals surface area contributed by atoms with E-state index in [1.54, 1.807) is 13.0 Å². The average molecular weight is 301 g/mol. The van der Waals surface area contributed by atoms with Gasteiger partial charge in [-0.25, -0.2) is 4.79 Å². The molecule has 0 spiro atoms. The van der Waals surface area contributed by atoms with E-state index in [2.05, 4.69) is 15.9 Å². The van der Waals surface area contributed by atoms with Gasteiger partial charge in [0.2, 0.25) is 0 Å². The molecule has 1 rings (SSSR count). The van der Waals surface area contributed by atoms with Crippen LogP contribution in [0.25, 0.3) is 0 Å². The number of benzene rings is 1. The molecular weight excluding hydrogens is 288 g/mol. The molecule has 0 heterocycles. The first-order chi connectivity index (χ1) is 7.97. The summed E-state index contributed by atoms with van der Waals surface area (Å²) in [5.74, 6) is -0.842. The predicted octanol–water partition coefficient (Wildman–Crippen LogP) is 2.59. The Balaban J connectivity index is 3.01. The van der Waals surface area contributed by atoms with Crippen molar-refractivity contribution in [1.82, 2.24) is 0 Å². The molecule has 4 nitrogen and oxygen atoms in total. The van der Waals surface area contributed by atoms with Gasteiger partial charge in [0, 0.05) is 0 Å².